The molecule has 0 atom stereocenters. The van der Waals surface area contributed by atoms with Crippen LogP contribution in [-0.4, -0.2) is 25.1 Å². The Labute approximate surface area is 207 Å². The summed E-state index contributed by atoms with van der Waals surface area (Å²) in [6.45, 7) is 4.03. The summed E-state index contributed by atoms with van der Waals surface area (Å²) in [6.07, 6.45) is 1.39. The van der Waals surface area contributed by atoms with E-state index in [2.05, 4.69) is 15.8 Å². The number of hydrogen-bond donors (Lipinski definition) is 2. The molecule has 3 rings (SSSR count). The highest BCUT2D eigenvalue weighted by Crippen LogP contribution is 2.29. The third-order valence-electron chi connectivity index (χ3n) is 4.80. The molecule has 0 bridgehead atoms. The molecule has 3 aromatic carbocycles. The van der Waals surface area contributed by atoms with Gasteiger partial charge in [-0.1, -0.05) is 47.0 Å². The maximum absolute atomic E-state index is 12.1. The molecule has 0 saturated carbocycles. The molecule has 34 heavy (non-hydrogen) atoms. The third kappa shape index (κ3) is 6.73. The highest BCUT2D eigenvalue weighted by molar-refractivity contribution is 6.39. The first-order valence-corrected chi connectivity index (χ1v) is 11.0. The zero-order valence-electron chi connectivity index (χ0n) is 18.8. The summed E-state index contributed by atoms with van der Waals surface area (Å²) in [5.74, 6) is -0.732. The highest BCUT2D eigenvalue weighted by Gasteiger charge is 2.14. The second-order valence-corrected chi connectivity index (χ2v) is 8.25. The Kier molecular flexibility index (Phi) is 8.51. The summed E-state index contributed by atoms with van der Waals surface area (Å²) in [4.78, 5) is 24.2. The van der Waals surface area contributed by atoms with Crippen molar-refractivity contribution in [1.82, 2.24) is 5.43 Å². The number of carbonyl (C=O) groups is 2. The minimum Gasteiger partial charge on any atom is -0.493 e. The number of rotatable bonds is 7. The summed E-state index contributed by atoms with van der Waals surface area (Å²) >= 11 is 12.1. The Hall–Kier alpha value is -3.55. The smallest absolute Gasteiger partial charge is 0.329 e. The number of halogens is 2. The topological polar surface area (TPSA) is 89.0 Å². The van der Waals surface area contributed by atoms with Crippen LogP contribution in [0.15, 0.2) is 59.7 Å². The SMILES string of the molecule is COc1cc(/C=N/NC(=O)C(=O)Nc2ccc(C)cc2C)ccc1OCc1ccc(Cl)cc1Cl. The van der Waals surface area contributed by atoms with Crippen molar-refractivity contribution in [2.45, 2.75) is 20.5 Å². The number of carbonyl (C=O) groups excluding carboxylic acids is 2. The first kappa shape index (κ1) is 25.1. The Morgan fingerprint density at radius 2 is 1.76 bits per heavy atom. The minimum absolute atomic E-state index is 0.228. The number of nitrogens with one attached hydrogen (secondary N) is 2. The maximum atomic E-state index is 12.1. The quantitative estimate of drug-likeness (QED) is 0.262. The molecule has 3 aromatic rings. The zero-order valence-corrected chi connectivity index (χ0v) is 20.3. The molecule has 176 valence electrons. The van der Waals surface area contributed by atoms with Crippen molar-refractivity contribution in [2.75, 3.05) is 12.4 Å². The molecule has 0 spiro atoms. The molecular formula is C25H23Cl2N3O4. The summed E-state index contributed by atoms with van der Waals surface area (Å²) < 4.78 is 11.2. The molecule has 0 aromatic heterocycles. The summed E-state index contributed by atoms with van der Waals surface area (Å²) in [6, 6.07) is 15.8. The van der Waals surface area contributed by atoms with Gasteiger partial charge in [-0.05, 0) is 61.4 Å². The predicted molar refractivity (Wildman–Crippen MR) is 134 cm³/mol. The number of hydrazone groups is 1. The Balaban J connectivity index is 1.58. The summed E-state index contributed by atoms with van der Waals surface area (Å²) in [5.41, 5.74) is 6.10. The van der Waals surface area contributed by atoms with E-state index < -0.39 is 11.8 Å². The predicted octanol–water partition coefficient (Wildman–Crippen LogP) is 5.29. The summed E-state index contributed by atoms with van der Waals surface area (Å²) in [5, 5.41) is 7.47. The molecule has 0 unspecified atom stereocenters. The summed E-state index contributed by atoms with van der Waals surface area (Å²) in [7, 11) is 1.51. The lowest BCUT2D eigenvalue weighted by atomic mass is 10.1. The number of nitrogens with zero attached hydrogens (tertiary/aromatic N) is 1. The first-order valence-electron chi connectivity index (χ1n) is 10.2. The molecule has 2 amide bonds. The van der Waals surface area contributed by atoms with Crippen molar-refractivity contribution in [2.24, 2.45) is 5.10 Å². The number of methoxy groups -OCH3 is 1. The Morgan fingerprint density at radius 3 is 2.47 bits per heavy atom. The first-order chi connectivity index (χ1) is 16.3. The van der Waals surface area contributed by atoms with Crippen LogP contribution in [-0.2, 0) is 16.2 Å². The number of anilines is 1. The van der Waals surface area contributed by atoms with Crippen molar-refractivity contribution in [3.8, 4) is 11.5 Å². The number of hydrogen-bond acceptors (Lipinski definition) is 5. The zero-order chi connectivity index (χ0) is 24.7. The van der Waals surface area contributed by atoms with E-state index in [0.717, 1.165) is 16.7 Å². The molecule has 0 aliphatic heterocycles. The van der Waals surface area contributed by atoms with Gasteiger partial charge in [0.25, 0.3) is 0 Å². The molecule has 9 heteroatoms. The average Bonchev–Trinajstić information content (AvgIpc) is 2.80. The molecule has 7 nitrogen and oxygen atoms in total. The average molecular weight is 500 g/mol. The molecule has 0 heterocycles. The molecule has 0 radical (unpaired) electrons. The fourth-order valence-electron chi connectivity index (χ4n) is 3.03. The monoisotopic (exact) mass is 499 g/mol. The molecular weight excluding hydrogens is 477 g/mol. The van der Waals surface area contributed by atoms with Crippen molar-refractivity contribution in [1.29, 1.82) is 0 Å². The van der Waals surface area contributed by atoms with Gasteiger partial charge in [-0.3, -0.25) is 9.59 Å². The minimum atomic E-state index is -0.886. The van der Waals surface area contributed by atoms with E-state index in [1.807, 2.05) is 26.0 Å². The largest absolute Gasteiger partial charge is 0.493 e. The lowest BCUT2D eigenvalue weighted by Gasteiger charge is -2.12. The van der Waals surface area contributed by atoms with Crippen LogP contribution < -0.4 is 20.2 Å². The van der Waals surface area contributed by atoms with Gasteiger partial charge in [-0.15, -0.1) is 0 Å². The van der Waals surface area contributed by atoms with E-state index >= 15 is 0 Å². The van der Waals surface area contributed by atoms with Crippen molar-refractivity contribution in [3.05, 3.63) is 86.9 Å². The van der Waals surface area contributed by atoms with Gasteiger partial charge in [0, 0.05) is 21.3 Å². The van der Waals surface area contributed by atoms with Crippen LogP contribution in [0.2, 0.25) is 10.0 Å². The van der Waals surface area contributed by atoms with Crippen molar-refractivity contribution < 1.29 is 19.1 Å². The van der Waals surface area contributed by atoms with Gasteiger partial charge >= 0.3 is 11.8 Å². The Bertz CT molecular complexity index is 1240. The number of benzene rings is 3. The standard InChI is InChI=1S/C25H23Cl2N3O4/c1-15-4-8-21(16(2)10-15)29-24(31)25(32)30-28-13-17-5-9-22(23(11-17)33-3)34-14-18-6-7-19(26)12-20(18)27/h4-13H,14H2,1-3H3,(H,29,31)(H,30,32)/b28-13+. The van der Waals surface area contributed by atoms with Crippen LogP contribution >= 0.6 is 23.2 Å². The van der Waals surface area contributed by atoms with Crippen LogP contribution in [0.3, 0.4) is 0 Å². The second kappa shape index (κ2) is 11.5. The van der Waals surface area contributed by atoms with Crippen molar-refractivity contribution >= 4 is 46.9 Å². The van der Waals surface area contributed by atoms with Gasteiger partial charge in [-0.25, -0.2) is 5.43 Å². The molecule has 0 aliphatic rings. The van der Waals surface area contributed by atoms with Gasteiger partial charge in [0.2, 0.25) is 0 Å². The molecule has 0 fully saturated rings. The molecule has 2 N–H and O–H groups in total. The maximum Gasteiger partial charge on any atom is 0.329 e. The van der Waals surface area contributed by atoms with Crippen LogP contribution in [0.1, 0.15) is 22.3 Å². The fourth-order valence-corrected chi connectivity index (χ4v) is 3.49. The van der Waals surface area contributed by atoms with E-state index in [0.29, 0.717) is 32.8 Å². The second-order valence-electron chi connectivity index (χ2n) is 7.41. The number of aryl methyl sites for hydroxylation is 2. The molecule has 0 saturated heterocycles. The van der Waals surface area contributed by atoms with Crippen LogP contribution in [0, 0.1) is 13.8 Å². The number of ether oxygens (including phenoxy) is 2. The van der Waals surface area contributed by atoms with Gasteiger partial charge < -0.3 is 14.8 Å². The van der Waals surface area contributed by atoms with Gasteiger partial charge in [0.1, 0.15) is 6.61 Å². The number of amides is 2. The fraction of sp³-hybridized carbons (Fsp3) is 0.160. The van der Waals surface area contributed by atoms with Crippen LogP contribution in [0.5, 0.6) is 11.5 Å². The van der Waals surface area contributed by atoms with E-state index in [-0.39, 0.29) is 6.61 Å². The van der Waals surface area contributed by atoms with Gasteiger partial charge in [0.15, 0.2) is 11.5 Å². The van der Waals surface area contributed by atoms with E-state index in [9.17, 15) is 9.59 Å². The highest BCUT2D eigenvalue weighted by atomic mass is 35.5. The van der Waals surface area contributed by atoms with E-state index in [1.54, 1.807) is 42.5 Å². The lowest BCUT2D eigenvalue weighted by molar-refractivity contribution is -0.136. The van der Waals surface area contributed by atoms with Gasteiger partial charge in [-0.2, -0.15) is 5.10 Å². The van der Waals surface area contributed by atoms with E-state index in [4.69, 9.17) is 32.7 Å². The normalized spacial score (nSPS) is 10.7. The Morgan fingerprint density at radius 1 is 0.971 bits per heavy atom. The lowest BCUT2D eigenvalue weighted by Crippen LogP contribution is -2.32. The third-order valence-corrected chi connectivity index (χ3v) is 5.39. The van der Waals surface area contributed by atoms with Crippen LogP contribution in [0.4, 0.5) is 5.69 Å². The van der Waals surface area contributed by atoms with E-state index in [1.165, 1.54) is 13.3 Å². The van der Waals surface area contributed by atoms with Crippen LogP contribution in [0.25, 0.3) is 0 Å². The van der Waals surface area contributed by atoms with Crippen molar-refractivity contribution in [3.63, 3.8) is 0 Å². The van der Waals surface area contributed by atoms with Gasteiger partial charge in [0.05, 0.1) is 13.3 Å². The molecule has 0 aliphatic carbocycles.